The Morgan fingerprint density at radius 1 is 1.41 bits per heavy atom. The highest BCUT2D eigenvalue weighted by Gasteiger charge is 2.49. The van der Waals surface area contributed by atoms with Gasteiger partial charge in [0, 0.05) is 4.47 Å². The van der Waals surface area contributed by atoms with Crippen LogP contribution >= 0.6 is 26.7 Å². The van der Waals surface area contributed by atoms with Crippen molar-refractivity contribution in [2.75, 3.05) is 6.61 Å². The number of benzene rings is 1. The number of hydrogen-bond acceptors (Lipinski definition) is 5. The Kier molecular flexibility index (Phi) is 4.59. The summed E-state index contributed by atoms with van der Waals surface area (Å²) in [5.41, 5.74) is -0.862. The number of fused-ring (bicyclic) bond motifs is 1. The maximum absolute atomic E-state index is 12.6. The van der Waals surface area contributed by atoms with E-state index < -0.39 is 28.2 Å². The minimum atomic E-state index is -3.48. The van der Waals surface area contributed by atoms with Crippen molar-refractivity contribution in [3.05, 3.63) is 28.2 Å². The molecule has 1 aliphatic rings. The molecule has 1 aliphatic heterocycles. The van der Waals surface area contributed by atoms with E-state index in [0.29, 0.717) is 4.47 Å². The minimum absolute atomic E-state index is 0.127. The van der Waals surface area contributed by atoms with Gasteiger partial charge in [-0.3, -0.25) is 18.7 Å². The van der Waals surface area contributed by atoms with Crippen molar-refractivity contribution in [2.45, 2.75) is 37.6 Å². The van der Waals surface area contributed by atoms with Crippen LogP contribution in [0, 0.1) is 0 Å². The highest BCUT2D eigenvalue weighted by atomic mass is 79.9. The summed E-state index contributed by atoms with van der Waals surface area (Å²) in [6.07, 6.45) is -0.127. The van der Waals surface area contributed by atoms with Crippen molar-refractivity contribution in [1.82, 2.24) is 4.31 Å². The number of carbonyl (C=O) groups excluding carboxylic acids is 2. The minimum Gasteiger partial charge on any atom is -0.466 e. The summed E-state index contributed by atoms with van der Waals surface area (Å²) in [5, 5.41) is 0. The first-order valence-corrected chi connectivity index (χ1v) is 8.99. The predicted octanol–water partition coefficient (Wildman–Crippen LogP) is 3.66. The lowest BCUT2D eigenvalue weighted by Gasteiger charge is -2.45. The third-order valence-electron chi connectivity index (χ3n) is 3.34. The first kappa shape index (κ1) is 17.3. The number of amides is 1. The number of ether oxygens (including phenoxy) is 1. The normalized spacial score (nSPS) is 18.1. The number of carbonyl (C=O) groups is 2. The second-order valence-corrected chi connectivity index (χ2v) is 8.31. The van der Waals surface area contributed by atoms with Gasteiger partial charge in [-0.15, -0.1) is 0 Å². The molecule has 0 spiro atoms. The van der Waals surface area contributed by atoms with E-state index in [1.807, 2.05) is 0 Å². The quantitative estimate of drug-likeness (QED) is 0.764. The molecule has 22 heavy (non-hydrogen) atoms. The van der Waals surface area contributed by atoms with Gasteiger partial charge in [0.2, 0.25) is 0 Å². The van der Waals surface area contributed by atoms with Gasteiger partial charge in [-0.2, -0.15) is 0 Å². The molecule has 1 heterocycles. The largest absolute Gasteiger partial charge is 0.466 e. The second kappa shape index (κ2) is 5.84. The first-order valence-electron chi connectivity index (χ1n) is 6.69. The molecule has 0 bridgehead atoms. The molecule has 6 nitrogen and oxygen atoms in total. The van der Waals surface area contributed by atoms with E-state index in [1.165, 1.54) is 6.07 Å². The predicted molar refractivity (Wildman–Crippen MR) is 86.8 cm³/mol. The summed E-state index contributed by atoms with van der Waals surface area (Å²) in [7, 11) is -3.48. The van der Waals surface area contributed by atoms with Crippen LogP contribution in [-0.2, 0) is 9.53 Å². The molecule has 0 fully saturated rings. The molecule has 1 amide bonds. The monoisotopic (exact) mass is 391 g/mol. The highest BCUT2D eigenvalue weighted by molar-refractivity contribution is 9.10. The van der Waals surface area contributed by atoms with Gasteiger partial charge in [0.1, 0.15) is 0 Å². The third-order valence-corrected chi connectivity index (χ3v) is 5.95. The molecule has 8 heteroatoms. The fraction of sp³-hybridized carbons (Fsp3) is 0.429. The van der Waals surface area contributed by atoms with Gasteiger partial charge < -0.3 is 4.74 Å². The standard InChI is InChI=1S/C14H18BrNO5S/c1-4-21-12(17)8-14(2,3)16-13(18)10-7-9(15)5-6-11(10)22(16,19)20/h5-7,19-20H,4,8H2,1-3H3. The summed E-state index contributed by atoms with van der Waals surface area (Å²) in [4.78, 5) is 24.5. The average molecular weight is 392 g/mol. The van der Waals surface area contributed by atoms with Crippen molar-refractivity contribution < 1.29 is 23.4 Å². The molecule has 1 aromatic rings. The third kappa shape index (κ3) is 2.88. The van der Waals surface area contributed by atoms with Gasteiger partial charge in [0.15, 0.2) is 0 Å². The van der Waals surface area contributed by atoms with Crippen LogP contribution in [0.3, 0.4) is 0 Å². The van der Waals surface area contributed by atoms with Gasteiger partial charge >= 0.3 is 5.97 Å². The number of halogens is 1. The molecular formula is C14H18BrNO5S. The van der Waals surface area contributed by atoms with Gasteiger partial charge in [0.05, 0.1) is 29.0 Å². The van der Waals surface area contributed by atoms with Crippen LogP contribution in [-0.4, -0.2) is 37.4 Å². The van der Waals surface area contributed by atoms with Crippen LogP contribution < -0.4 is 0 Å². The average Bonchev–Trinajstić information content (AvgIpc) is 2.56. The Morgan fingerprint density at radius 2 is 2.05 bits per heavy atom. The molecule has 122 valence electrons. The van der Waals surface area contributed by atoms with E-state index in [1.54, 1.807) is 32.9 Å². The van der Waals surface area contributed by atoms with Gasteiger partial charge in [-0.1, -0.05) is 26.7 Å². The fourth-order valence-corrected chi connectivity index (χ4v) is 4.82. The number of rotatable bonds is 4. The lowest BCUT2D eigenvalue weighted by molar-refractivity contribution is -0.145. The van der Waals surface area contributed by atoms with E-state index >= 15 is 0 Å². The Labute approximate surface area is 139 Å². The highest BCUT2D eigenvalue weighted by Crippen LogP contribution is 2.61. The van der Waals surface area contributed by atoms with Gasteiger partial charge in [-0.05, 0) is 39.0 Å². The Bertz CT molecular complexity index is 632. The van der Waals surface area contributed by atoms with Gasteiger partial charge in [0.25, 0.3) is 5.91 Å². The molecule has 0 saturated heterocycles. The summed E-state index contributed by atoms with van der Waals surface area (Å²) in [5.74, 6) is -1.00. The zero-order valence-corrected chi connectivity index (χ0v) is 14.9. The molecule has 1 aromatic carbocycles. The second-order valence-electron chi connectivity index (χ2n) is 5.55. The van der Waals surface area contributed by atoms with E-state index in [-0.39, 0.29) is 23.5 Å². The summed E-state index contributed by atoms with van der Waals surface area (Å²) in [6.45, 7) is 5.13. The molecular weight excluding hydrogens is 374 g/mol. The topological polar surface area (TPSA) is 87.1 Å². The summed E-state index contributed by atoms with van der Waals surface area (Å²) in [6, 6.07) is 4.70. The van der Waals surface area contributed by atoms with Crippen molar-refractivity contribution in [3.63, 3.8) is 0 Å². The molecule has 0 aromatic heterocycles. The summed E-state index contributed by atoms with van der Waals surface area (Å²) >= 11 is 3.26. The number of hydrogen-bond donors (Lipinski definition) is 2. The molecule has 2 rings (SSSR count). The van der Waals surface area contributed by atoms with Crippen molar-refractivity contribution >= 4 is 38.6 Å². The molecule has 0 unspecified atom stereocenters. The molecule has 0 radical (unpaired) electrons. The lowest BCUT2D eigenvalue weighted by Crippen LogP contribution is -2.47. The molecule has 2 N–H and O–H groups in total. The van der Waals surface area contributed by atoms with Crippen LogP contribution in [0.4, 0.5) is 0 Å². The maximum atomic E-state index is 12.6. The van der Waals surface area contributed by atoms with E-state index in [0.717, 1.165) is 4.31 Å². The molecule has 0 saturated carbocycles. The molecule has 0 atom stereocenters. The van der Waals surface area contributed by atoms with Crippen LogP contribution in [0.2, 0.25) is 0 Å². The Morgan fingerprint density at radius 3 is 2.64 bits per heavy atom. The Balaban J connectivity index is 2.40. The van der Waals surface area contributed by atoms with Crippen LogP contribution in [0.25, 0.3) is 0 Å². The number of nitrogens with zero attached hydrogens (tertiary/aromatic N) is 1. The van der Waals surface area contributed by atoms with Gasteiger partial charge in [-0.25, -0.2) is 4.31 Å². The van der Waals surface area contributed by atoms with Crippen molar-refractivity contribution in [2.24, 2.45) is 0 Å². The van der Waals surface area contributed by atoms with Crippen molar-refractivity contribution in [3.8, 4) is 0 Å². The zero-order chi connectivity index (χ0) is 16.7. The lowest BCUT2D eigenvalue weighted by atomic mass is 10.00. The SMILES string of the molecule is CCOC(=O)CC(C)(C)N1C(=O)c2cc(Br)ccc2S1(O)O. The smallest absolute Gasteiger partial charge is 0.308 e. The fourth-order valence-electron chi connectivity index (χ4n) is 2.49. The number of esters is 1. The van der Waals surface area contributed by atoms with Crippen LogP contribution in [0.15, 0.2) is 27.6 Å². The molecule has 0 aliphatic carbocycles. The van der Waals surface area contributed by atoms with E-state index in [4.69, 9.17) is 4.74 Å². The Hall–Kier alpha value is -1.09. The van der Waals surface area contributed by atoms with E-state index in [2.05, 4.69) is 15.9 Å². The zero-order valence-electron chi connectivity index (χ0n) is 12.5. The van der Waals surface area contributed by atoms with Crippen LogP contribution in [0.5, 0.6) is 0 Å². The maximum Gasteiger partial charge on any atom is 0.308 e. The summed E-state index contributed by atoms with van der Waals surface area (Å²) < 4.78 is 27.6. The van der Waals surface area contributed by atoms with Crippen LogP contribution in [0.1, 0.15) is 37.6 Å². The van der Waals surface area contributed by atoms with Crippen molar-refractivity contribution in [1.29, 1.82) is 0 Å². The van der Waals surface area contributed by atoms with E-state index in [9.17, 15) is 18.7 Å². The first-order chi connectivity index (χ1) is 10.1.